The van der Waals surface area contributed by atoms with Gasteiger partial charge in [-0.3, -0.25) is 0 Å². The third-order valence-electron chi connectivity index (χ3n) is 3.76. The molecular formula is C12H15ClNOP. The van der Waals surface area contributed by atoms with Gasteiger partial charge in [0.2, 0.25) is 7.65 Å². The van der Waals surface area contributed by atoms with E-state index in [2.05, 4.69) is 36.0 Å². The Kier molecular flexibility index (Phi) is 2.72. The lowest BCUT2D eigenvalue weighted by atomic mass is 9.89. The highest BCUT2D eigenvalue weighted by Gasteiger charge is 2.55. The maximum atomic E-state index is 6.27. The highest BCUT2D eigenvalue weighted by Crippen LogP contribution is 2.65. The summed E-state index contributed by atoms with van der Waals surface area (Å²) in [5, 5.41) is 0. The topological polar surface area (TPSA) is 12.5 Å². The number of rotatable bonds is 1. The standard InChI is InChI=1S/C12H15ClNOP/c1-14-11-8-5-9-12(11,15-16(14)13)10-6-3-2-4-7-10/h2-4,6-7,11H,5,8-9H2,1H3/t11-,12-,16?/m0/s1. The fourth-order valence-corrected chi connectivity index (χ4v) is 4.89. The first-order chi connectivity index (χ1) is 7.74. The SMILES string of the molecule is CN1[C@H]2CCC[C@@]2(c2ccccc2)OP1Cl. The molecule has 1 aliphatic heterocycles. The molecule has 1 saturated carbocycles. The lowest BCUT2D eigenvalue weighted by Gasteiger charge is -2.28. The average Bonchev–Trinajstić information content (AvgIpc) is 2.82. The molecule has 1 aromatic carbocycles. The number of hydrogen-bond acceptors (Lipinski definition) is 2. The van der Waals surface area contributed by atoms with Gasteiger partial charge in [-0.25, -0.2) is 4.67 Å². The zero-order valence-electron chi connectivity index (χ0n) is 9.27. The minimum Gasteiger partial charge on any atom is -0.318 e. The van der Waals surface area contributed by atoms with Crippen LogP contribution in [0.15, 0.2) is 30.3 Å². The first-order valence-electron chi connectivity index (χ1n) is 5.67. The summed E-state index contributed by atoms with van der Waals surface area (Å²) in [4.78, 5) is 0. The quantitative estimate of drug-likeness (QED) is 0.707. The van der Waals surface area contributed by atoms with Crippen molar-refractivity contribution in [2.45, 2.75) is 30.9 Å². The van der Waals surface area contributed by atoms with Crippen LogP contribution in [-0.2, 0) is 10.1 Å². The second-order valence-electron chi connectivity index (χ2n) is 4.55. The van der Waals surface area contributed by atoms with Crippen molar-refractivity contribution in [1.82, 2.24) is 4.67 Å². The van der Waals surface area contributed by atoms with Crippen molar-refractivity contribution in [3.05, 3.63) is 35.9 Å². The third-order valence-corrected chi connectivity index (χ3v) is 5.94. The Bertz CT molecular complexity index is 388. The van der Waals surface area contributed by atoms with Crippen molar-refractivity contribution in [2.75, 3.05) is 7.05 Å². The molecular weight excluding hydrogens is 241 g/mol. The molecule has 0 bridgehead atoms. The highest BCUT2D eigenvalue weighted by molar-refractivity contribution is 7.78. The summed E-state index contributed by atoms with van der Waals surface area (Å²) in [6.07, 6.45) is 3.51. The van der Waals surface area contributed by atoms with E-state index in [1.54, 1.807) is 0 Å². The van der Waals surface area contributed by atoms with Gasteiger partial charge in [0.1, 0.15) is 5.60 Å². The fraction of sp³-hybridized carbons (Fsp3) is 0.500. The lowest BCUT2D eigenvalue weighted by Crippen LogP contribution is -2.36. The van der Waals surface area contributed by atoms with Gasteiger partial charge in [-0.15, -0.1) is 0 Å². The molecule has 2 fully saturated rings. The Labute approximate surface area is 102 Å². The van der Waals surface area contributed by atoms with Gasteiger partial charge in [-0.05, 0) is 43.1 Å². The Hall–Kier alpha value is -0.140. The number of nitrogens with zero attached hydrogens (tertiary/aromatic N) is 1. The predicted octanol–water partition coefficient (Wildman–Crippen LogP) is 3.86. The van der Waals surface area contributed by atoms with Gasteiger partial charge in [0.25, 0.3) is 0 Å². The Morgan fingerprint density at radius 1 is 1.44 bits per heavy atom. The highest BCUT2D eigenvalue weighted by atomic mass is 35.7. The summed E-state index contributed by atoms with van der Waals surface area (Å²) in [7, 11) is 1.16. The van der Waals surface area contributed by atoms with Gasteiger partial charge >= 0.3 is 0 Å². The van der Waals surface area contributed by atoms with E-state index < -0.39 is 7.65 Å². The van der Waals surface area contributed by atoms with E-state index >= 15 is 0 Å². The van der Waals surface area contributed by atoms with Crippen LogP contribution >= 0.6 is 18.9 Å². The van der Waals surface area contributed by atoms with E-state index in [0.717, 1.165) is 6.42 Å². The lowest BCUT2D eigenvalue weighted by molar-refractivity contribution is 0.0869. The van der Waals surface area contributed by atoms with E-state index in [1.165, 1.54) is 18.4 Å². The molecule has 2 nitrogen and oxygen atoms in total. The van der Waals surface area contributed by atoms with Crippen LogP contribution in [0.4, 0.5) is 0 Å². The predicted molar refractivity (Wildman–Crippen MR) is 67.4 cm³/mol. The van der Waals surface area contributed by atoms with E-state index in [0.29, 0.717) is 6.04 Å². The molecule has 3 rings (SSSR count). The first kappa shape index (κ1) is 11.0. The van der Waals surface area contributed by atoms with Crippen LogP contribution in [-0.4, -0.2) is 17.8 Å². The van der Waals surface area contributed by atoms with Crippen molar-refractivity contribution >= 4 is 18.9 Å². The Morgan fingerprint density at radius 3 is 2.94 bits per heavy atom. The minimum absolute atomic E-state index is 0.135. The van der Waals surface area contributed by atoms with Crippen molar-refractivity contribution in [3.63, 3.8) is 0 Å². The van der Waals surface area contributed by atoms with Gasteiger partial charge in [0.15, 0.2) is 0 Å². The van der Waals surface area contributed by atoms with Crippen LogP contribution in [0.1, 0.15) is 24.8 Å². The molecule has 0 radical (unpaired) electrons. The maximum absolute atomic E-state index is 6.27. The van der Waals surface area contributed by atoms with Crippen LogP contribution in [0, 0.1) is 0 Å². The molecule has 2 aliphatic rings. The minimum atomic E-state index is -0.926. The second kappa shape index (κ2) is 3.96. The van der Waals surface area contributed by atoms with Gasteiger partial charge in [-0.2, -0.15) is 0 Å². The molecule has 86 valence electrons. The zero-order chi connectivity index (χ0) is 11.2. The Balaban J connectivity index is 2.04. The zero-order valence-corrected chi connectivity index (χ0v) is 10.9. The molecule has 1 aromatic rings. The smallest absolute Gasteiger partial charge is 0.207 e. The average molecular weight is 256 g/mol. The molecule has 0 aromatic heterocycles. The van der Waals surface area contributed by atoms with Crippen molar-refractivity contribution in [2.24, 2.45) is 0 Å². The molecule has 1 aliphatic carbocycles. The molecule has 0 N–H and O–H groups in total. The molecule has 1 unspecified atom stereocenters. The van der Waals surface area contributed by atoms with Gasteiger partial charge < -0.3 is 4.52 Å². The first-order valence-corrected chi connectivity index (χ1v) is 7.79. The summed E-state index contributed by atoms with van der Waals surface area (Å²) in [6, 6.07) is 11.0. The van der Waals surface area contributed by atoms with Crippen molar-refractivity contribution in [3.8, 4) is 0 Å². The summed E-state index contributed by atoms with van der Waals surface area (Å²) >= 11 is 6.27. The normalized spacial score (nSPS) is 38.9. The summed E-state index contributed by atoms with van der Waals surface area (Å²) in [5.41, 5.74) is 1.15. The van der Waals surface area contributed by atoms with E-state index in [9.17, 15) is 0 Å². The monoisotopic (exact) mass is 255 g/mol. The third kappa shape index (κ3) is 1.44. The fourth-order valence-electron chi connectivity index (χ4n) is 2.97. The number of hydrogen-bond donors (Lipinski definition) is 0. The van der Waals surface area contributed by atoms with Crippen molar-refractivity contribution < 1.29 is 4.52 Å². The van der Waals surface area contributed by atoms with Crippen LogP contribution in [0.5, 0.6) is 0 Å². The van der Waals surface area contributed by atoms with Crippen LogP contribution in [0.25, 0.3) is 0 Å². The van der Waals surface area contributed by atoms with Gasteiger partial charge in [-0.1, -0.05) is 30.3 Å². The largest absolute Gasteiger partial charge is 0.318 e. The van der Waals surface area contributed by atoms with E-state index in [4.69, 9.17) is 15.8 Å². The Morgan fingerprint density at radius 2 is 2.19 bits per heavy atom. The van der Waals surface area contributed by atoms with E-state index in [-0.39, 0.29) is 5.60 Å². The van der Waals surface area contributed by atoms with Gasteiger partial charge in [0, 0.05) is 6.04 Å². The number of likely N-dealkylation sites (N-methyl/N-ethyl adjacent to an activating group) is 1. The van der Waals surface area contributed by atoms with E-state index in [1.807, 2.05) is 6.07 Å². The number of benzene rings is 1. The van der Waals surface area contributed by atoms with Crippen LogP contribution in [0.2, 0.25) is 0 Å². The number of fused-ring (bicyclic) bond motifs is 1. The summed E-state index contributed by atoms with van der Waals surface area (Å²) < 4.78 is 8.35. The maximum Gasteiger partial charge on any atom is 0.207 e. The second-order valence-corrected chi connectivity index (χ2v) is 6.69. The summed E-state index contributed by atoms with van der Waals surface area (Å²) in [6.45, 7) is 0. The summed E-state index contributed by atoms with van der Waals surface area (Å²) in [5.74, 6) is 0. The molecule has 4 heteroatoms. The molecule has 3 atom stereocenters. The molecule has 1 saturated heterocycles. The molecule has 1 heterocycles. The van der Waals surface area contributed by atoms with Crippen LogP contribution < -0.4 is 0 Å². The van der Waals surface area contributed by atoms with Crippen LogP contribution in [0.3, 0.4) is 0 Å². The van der Waals surface area contributed by atoms with Gasteiger partial charge in [0.05, 0.1) is 0 Å². The molecule has 0 amide bonds. The molecule has 16 heavy (non-hydrogen) atoms. The van der Waals surface area contributed by atoms with Crippen molar-refractivity contribution in [1.29, 1.82) is 0 Å². The molecule has 0 spiro atoms. The number of halogens is 1.